The van der Waals surface area contributed by atoms with Crippen LogP contribution in [-0.2, 0) is 14.4 Å². The monoisotopic (exact) mass is 328 g/mol. The number of anilines is 1. The molecule has 0 unspecified atom stereocenters. The number of benzene rings is 1. The Bertz CT molecular complexity index is 595. The zero-order valence-electron chi connectivity index (χ0n) is 10.9. The minimum Gasteiger partial charge on any atom is -0.480 e. The molecule has 0 bridgehead atoms. The number of nitrogens with zero attached hydrogens (tertiary/aromatic N) is 1. The van der Waals surface area contributed by atoms with Gasteiger partial charge in [0.1, 0.15) is 6.04 Å². The molecule has 3 N–H and O–H groups in total. The van der Waals surface area contributed by atoms with E-state index in [0.29, 0.717) is 10.7 Å². The maximum absolute atomic E-state index is 12.3. The maximum atomic E-state index is 12.3. The summed E-state index contributed by atoms with van der Waals surface area (Å²) in [5, 5.41) is 8.41. The lowest BCUT2D eigenvalue weighted by Crippen LogP contribution is -2.35. The molecule has 1 aliphatic heterocycles. The van der Waals surface area contributed by atoms with Gasteiger partial charge in [0.05, 0.1) is 16.0 Å². The molecule has 1 aliphatic rings. The van der Waals surface area contributed by atoms with Crippen LogP contribution in [0.5, 0.6) is 0 Å². The topological polar surface area (TPSA) is 101 Å². The predicted molar refractivity (Wildman–Crippen MR) is 80.4 cm³/mol. The van der Waals surface area contributed by atoms with E-state index in [4.69, 9.17) is 22.4 Å². The number of carbonyl (C=O) groups is 3. The number of amides is 2. The lowest BCUT2D eigenvalue weighted by Gasteiger charge is -2.16. The highest BCUT2D eigenvalue weighted by atomic mass is 35.5. The summed E-state index contributed by atoms with van der Waals surface area (Å²) < 4.78 is 0. The van der Waals surface area contributed by atoms with E-state index in [9.17, 15) is 14.4 Å². The van der Waals surface area contributed by atoms with Gasteiger partial charge in [-0.3, -0.25) is 14.4 Å². The second kappa shape index (κ2) is 6.46. The molecule has 0 aromatic heterocycles. The quantitative estimate of drug-likeness (QED) is 0.785. The van der Waals surface area contributed by atoms with E-state index in [1.165, 1.54) is 0 Å². The Morgan fingerprint density at radius 2 is 2.14 bits per heavy atom. The number of nitrogens with two attached hydrogens (primary N) is 1. The van der Waals surface area contributed by atoms with Crippen LogP contribution in [0.4, 0.5) is 5.69 Å². The molecule has 0 radical (unpaired) electrons. The summed E-state index contributed by atoms with van der Waals surface area (Å²) in [7, 11) is 0. The molecule has 21 heavy (non-hydrogen) atoms. The first-order valence-corrected chi connectivity index (χ1v) is 7.55. The molecule has 112 valence electrons. The Morgan fingerprint density at radius 3 is 2.76 bits per heavy atom. The van der Waals surface area contributed by atoms with E-state index in [2.05, 4.69) is 0 Å². The number of hydrogen-bond acceptors (Lipinski definition) is 5. The number of carboxylic acid groups (broad SMARTS) is 1. The fraction of sp³-hybridized carbons (Fsp3) is 0.308. The number of thioether (sulfide) groups is 1. The highest BCUT2D eigenvalue weighted by molar-refractivity contribution is 8.00. The number of carboxylic acids is 1. The zero-order valence-corrected chi connectivity index (χ0v) is 12.4. The lowest BCUT2D eigenvalue weighted by atomic mass is 10.3. The van der Waals surface area contributed by atoms with Crippen molar-refractivity contribution < 1.29 is 19.5 Å². The van der Waals surface area contributed by atoms with Crippen molar-refractivity contribution in [3.63, 3.8) is 0 Å². The Labute approximate surface area is 130 Å². The molecular weight excluding hydrogens is 316 g/mol. The summed E-state index contributed by atoms with van der Waals surface area (Å²) in [6, 6.07) is 5.51. The average molecular weight is 329 g/mol. The number of para-hydroxylation sites is 1. The molecule has 1 aromatic carbocycles. The van der Waals surface area contributed by atoms with Crippen molar-refractivity contribution in [1.82, 2.24) is 0 Å². The Kier molecular flexibility index (Phi) is 4.87. The van der Waals surface area contributed by atoms with Crippen molar-refractivity contribution >= 4 is 46.8 Å². The number of carbonyl (C=O) groups excluding carboxylic acids is 2. The second-order valence-corrected chi connectivity index (χ2v) is 6.13. The van der Waals surface area contributed by atoms with Crippen molar-refractivity contribution in [2.24, 2.45) is 5.73 Å². The smallest absolute Gasteiger partial charge is 0.321 e. The van der Waals surface area contributed by atoms with Crippen LogP contribution in [0.15, 0.2) is 24.3 Å². The fourth-order valence-electron chi connectivity index (χ4n) is 1.91. The van der Waals surface area contributed by atoms with E-state index in [1.54, 1.807) is 24.3 Å². The predicted octanol–water partition coefficient (Wildman–Crippen LogP) is 1.12. The van der Waals surface area contributed by atoms with Crippen molar-refractivity contribution in [3.8, 4) is 0 Å². The third-order valence-corrected chi connectivity index (χ3v) is 4.63. The highest BCUT2D eigenvalue weighted by Gasteiger charge is 2.40. The molecule has 1 saturated heterocycles. The summed E-state index contributed by atoms with van der Waals surface area (Å²) in [6.07, 6.45) is 0.0149. The third kappa shape index (κ3) is 3.37. The van der Waals surface area contributed by atoms with Crippen LogP contribution in [0.3, 0.4) is 0 Å². The van der Waals surface area contributed by atoms with Gasteiger partial charge >= 0.3 is 5.97 Å². The van der Waals surface area contributed by atoms with E-state index in [-0.39, 0.29) is 18.1 Å². The summed E-state index contributed by atoms with van der Waals surface area (Å²) in [4.78, 5) is 36.0. The van der Waals surface area contributed by atoms with Crippen molar-refractivity contribution in [2.75, 3.05) is 10.7 Å². The molecule has 8 heteroatoms. The standard InChI is InChI=1S/C13H13ClN2O4S/c14-7-3-1-2-4-9(7)16-11(17)5-10(12(16)18)21-6-8(15)13(19)20/h1-4,8,10H,5-6,15H2,(H,19,20)/t8-,10+/m0/s1. The lowest BCUT2D eigenvalue weighted by molar-refractivity contribution is -0.138. The molecule has 1 aromatic rings. The van der Waals surface area contributed by atoms with Crippen LogP contribution < -0.4 is 10.6 Å². The van der Waals surface area contributed by atoms with Crippen LogP contribution in [0.1, 0.15) is 6.42 Å². The molecule has 2 amide bonds. The van der Waals surface area contributed by atoms with E-state index in [1.807, 2.05) is 0 Å². The third-order valence-electron chi connectivity index (χ3n) is 2.99. The highest BCUT2D eigenvalue weighted by Crippen LogP contribution is 2.33. The minimum absolute atomic E-state index is 0.0149. The molecule has 1 heterocycles. The normalized spacial score (nSPS) is 19.9. The Hall–Kier alpha value is -1.57. The SMILES string of the molecule is N[C@@H](CS[C@@H]1CC(=O)N(c2ccccc2Cl)C1=O)C(=O)O. The van der Waals surface area contributed by atoms with Gasteiger partial charge in [-0.1, -0.05) is 23.7 Å². The van der Waals surface area contributed by atoms with Crippen LogP contribution >= 0.6 is 23.4 Å². The van der Waals surface area contributed by atoms with Gasteiger partial charge in [0, 0.05) is 12.2 Å². The minimum atomic E-state index is -1.14. The molecule has 6 nitrogen and oxygen atoms in total. The first kappa shape index (κ1) is 15.8. The summed E-state index contributed by atoms with van der Waals surface area (Å²) in [5.41, 5.74) is 5.74. The van der Waals surface area contributed by atoms with E-state index in [0.717, 1.165) is 16.7 Å². The molecular formula is C13H13ClN2O4S. The number of aliphatic carboxylic acids is 1. The van der Waals surface area contributed by atoms with Crippen LogP contribution in [0, 0.1) is 0 Å². The average Bonchev–Trinajstić information content (AvgIpc) is 2.71. The Balaban J connectivity index is 2.10. The van der Waals surface area contributed by atoms with Gasteiger partial charge in [-0.2, -0.15) is 0 Å². The number of rotatable bonds is 5. The van der Waals surface area contributed by atoms with Gasteiger partial charge in [0.25, 0.3) is 0 Å². The molecule has 2 rings (SSSR count). The second-order valence-electron chi connectivity index (χ2n) is 4.49. The van der Waals surface area contributed by atoms with Gasteiger partial charge in [-0.15, -0.1) is 11.8 Å². The van der Waals surface area contributed by atoms with Gasteiger partial charge < -0.3 is 10.8 Å². The summed E-state index contributed by atoms with van der Waals surface area (Å²) in [6.45, 7) is 0. The van der Waals surface area contributed by atoms with Crippen LogP contribution in [0.25, 0.3) is 0 Å². The fourth-order valence-corrected chi connectivity index (χ4v) is 3.22. The number of hydrogen-bond donors (Lipinski definition) is 2. The van der Waals surface area contributed by atoms with Gasteiger partial charge in [-0.05, 0) is 12.1 Å². The molecule has 2 atom stereocenters. The van der Waals surface area contributed by atoms with Gasteiger partial charge in [-0.25, -0.2) is 4.90 Å². The molecule has 0 saturated carbocycles. The van der Waals surface area contributed by atoms with Gasteiger partial charge in [0.2, 0.25) is 11.8 Å². The van der Waals surface area contributed by atoms with E-state index >= 15 is 0 Å². The first-order chi connectivity index (χ1) is 9.91. The van der Waals surface area contributed by atoms with Crippen LogP contribution in [-0.4, -0.2) is 39.9 Å². The first-order valence-electron chi connectivity index (χ1n) is 6.13. The largest absolute Gasteiger partial charge is 0.480 e. The number of imide groups is 1. The summed E-state index contributed by atoms with van der Waals surface area (Å²) >= 11 is 7.08. The molecule has 0 aliphatic carbocycles. The van der Waals surface area contributed by atoms with E-state index < -0.39 is 23.2 Å². The van der Waals surface area contributed by atoms with Crippen LogP contribution in [0.2, 0.25) is 5.02 Å². The Morgan fingerprint density at radius 1 is 1.48 bits per heavy atom. The molecule has 1 fully saturated rings. The summed E-state index contributed by atoms with van der Waals surface area (Å²) in [5.74, 6) is -1.82. The zero-order chi connectivity index (χ0) is 15.6. The maximum Gasteiger partial charge on any atom is 0.321 e. The van der Waals surface area contributed by atoms with Crippen molar-refractivity contribution in [3.05, 3.63) is 29.3 Å². The van der Waals surface area contributed by atoms with Crippen molar-refractivity contribution in [2.45, 2.75) is 17.7 Å². The van der Waals surface area contributed by atoms with Gasteiger partial charge in [0.15, 0.2) is 0 Å². The van der Waals surface area contributed by atoms with Crippen molar-refractivity contribution in [1.29, 1.82) is 0 Å². The molecule has 0 spiro atoms. The number of halogens is 1.